The number of unbranched alkanes of at least 4 members (excludes halogenated alkanes) is 15. The van der Waals surface area contributed by atoms with E-state index in [1.54, 1.807) is 0 Å². The molecule has 0 atom stereocenters. The van der Waals surface area contributed by atoms with Crippen molar-refractivity contribution >= 4 is 5.97 Å². The van der Waals surface area contributed by atoms with E-state index in [9.17, 15) is 4.79 Å². The Morgan fingerprint density at radius 1 is 0.545 bits per heavy atom. The molecule has 0 N–H and O–H groups in total. The van der Waals surface area contributed by atoms with Crippen LogP contribution in [-0.4, -0.2) is 12.6 Å². The van der Waals surface area contributed by atoms with Gasteiger partial charge in [-0.05, 0) is 29.7 Å². The summed E-state index contributed by atoms with van der Waals surface area (Å²) in [5.41, 5.74) is 2.90. The van der Waals surface area contributed by atoms with Crippen LogP contribution >= 0.6 is 0 Å². The number of benzene rings is 2. The maximum Gasteiger partial charge on any atom is 0.338 e. The van der Waals surface area contributed by atoms with E-state index in [1.165, 1.54) is 89.9 Å². The van der Waals surface area contributed by atoms with Crippen LogP contribution in [0.1, 0.15) is 120 Å². The molecule has 2 rings (SSSR count). The zero-order valence-corrected chi connectivity index (χ0v) is 21.0. The second kappa shape index (κ2) is 18.3. The van der Waals surface area contributed by atoms with Gasteiger partial charge >= 0.3 is 5.97 Å². The fraction of sp³-hybridized carbons (Fsp3) is 0.581. The molecule has 2 aromatic rings. The number of hydrogen-bond acceptors (Lipinski definition) is 2. The van der Waals surface area contributed by atoms with Gasteiger partial charge < -0.3 is 4.74 Å². The number of rotatable bonds is 19. The van der Waals surface area contributed by atoms with E-state index in [0.29, 0.717) is 12.2 Å². The van der Waals surface area contributed by atoms with Crippen molar-refractivity contribution < 1.29 is 9.53 Å². The average molecular weight is 451 g/mol. The molecule has 0 aliphatic heterocycles. The molecule has 2 heteroatoms. The van der Waals surface area contributed by atoms with Crippen LogP contribution in [-0.2, 0) is 4.74 Å². The highest BCUT2D eigenvalue weighted by atomic mass is 16.5. The molecule has 2 nitrogen and oxygen atoms in total. The fourth-order valence-corrected chi connectivity index (χ4v) is 4.33. The number of carbonyl (C=O) groups is 1. The first kappa shape index (κ1) is 27.2. The van der Waals surface area contributed by atoms with Gasteiger partial charge in [-0.1, -0.05) is 146 Å². The first-order valence-electron chi connectivity index (χ1n) is 13.6. The largest absolute Gasteiger partial charge is 0.462 e. The molecule has 0 fully saturated rings. The quantitative estimate of drug-likeness (QED) is 0.157. The van der Waals surface area contributed by atoms with Crippen molar-refractivity contribution in [1.29, 1.82) is 0 Å². The molecule has 0 spiro atoms. The van der Waals surface area contributed by atoms with E-state index in [2.05, 4.69) is 19.1 Å². The van der Waals surface area contributed by atoms with Crippen LogP contribution in [0.3, 0.4) is 0 Å². The minimum atomic E-state index is -0.212. The summed E-state index contributed by atoms with van der Waals surface area (Å²) in [7, 11) is 0. The Bertz CT molecular complexity index is 720. The molecule has 182 valence electrons. The van der Waals surface area contributed by atoms with Crippen molar-refractivity contribution in [3.05, 3.63) is 60.2 Å². The van der Waals surface area contributed by atoms with E-state index in [-0.39, 0.29) is 5.97 Å². The summed E-state index contributed by atoms with van der Waals surface area (Å²) in [6.07, 6.45) is 21.6. The summed E-state index contributed by atoms with van der Waals surface area (Å²) in [6, 6.07) is 17.9. The van der Waals surface area contributed by atoms with E-state index >= 15 is 0 Å². The van der Waals surface area contributed by atoms with Gasteiger partial charge in [0.1, 0.15) is 0 Å². The molecular weight excluding hydrogens is 404 g/mol. The highest BCUT2D eigenvalue weighted by Gasteiger charge is 2.07. The smallest absolute Gasteiger partial charge is 0.338 e. The summed E-state index contributed by atoms with van der Waals surface area (Å²) >= 11 is 0. The Balaban J connectivity index is 1.38. The Morgan fingerprint density at radius 3 is 1.45 bits per heavy atom. The summed E-state index contributed by atoms with van der Waals surface area (Å²) in [5, 5.41) is 0. The Morgan fingerprint density at radius 2 is 0.970 bits per heavy atom. The predicted molar refractivity (Wildman–Crippen MR) is 142 cm³/mol. The minimum Gasteiger partial charge on any atom is -0.462 e. The number of carbonyl (C=O) groups excluding carboxylic acids is 1. The Kier molecular flexibility index (Phi) is 15.1. The van der Waals surface area contributed by atoms with Gasteiger partial charge in [0.15, 0.2) is 0 Å². The maximum absolute atomic E-state index is 12.2. The molecule has 0 heterocycles. The van der Waals surface area contributed by atoms with E-state index < -0.39 is 0 Å². The molecule has 0 unspecified atom stereocenters. The third-order valence-electron chi connectivity index (χ3n) is 6.46. The van der Waals surface area contributed by atoms with Crippen molar-refractivity contribution in [2.45, 2.75) is 110 Å². The Labute approximate surface area is 203 Å². The van der Waals surface area contributed by atoms with E-state index in [0.717, 1.165) is 24.0 Å². The highest BCUT2D eigenvalue weighted by molar-refractivity contribution is 5.90. The molecule has 0 aromatic heterocycles. The SMILES string of the molecule is CCCCCCCCCCCCCCCCCCOC(=O)c1ccc(-c2ccccc2)cc1. The summed E-state index contributed by atoms with van der Waals surface area (Å²) in [4.78, 5) is 12.2. The standard InChI is InChI=1S/C31H46O2/c1-2-3-4-5-6-7-8-9-10-11-12-13-14-15-16-20-27-33-31(32)30-25-23-29(24-26-30)28-21-18-17-19-22-28/h17-19,21-26H,2-16,20,27H2,1H3. The van der Waals surface area contributed by atoms with Crippen molar-refractivity contribution in [3.8, 4) is 11.1 Å². The van der Waals surface area contributed by atoms with E-state index in [1.807, 2.05) is 42.5 Å². The van der Waals surface area contributed by atoms with Gasteiger partial charge in [0.05, 0.1) is 12.2 Å². The van der Waals surface area contributed by atoms with Crippen LogP contribution in [0.2, 0.25) is 0 Å². The predicted octanol–water partition coefficient (Wildman–Crippen LogP) is 9.77. The summed E-state index contributed by atoms with van der Waals surface area (Å²) < 4.78 is 5.45. The molecule has 0 bridgehead atoms. The molecule has 0 aliphatic rings. The van der Waals surface area contributed by atoms with Crippen molar-refractivity contribution in [3.63, 3.8) is 0 Å². The van der Waals surface area contributed by atoms with Gasteiger partial charge in [-0.25, -0.2) is 4.79 Å². The highest BCUT2D eigenvalue weighted by Crippen LogP contribution is 2.19. The molecule has 33 heavy (non-hydrogen) atoms. The number of ether oxygens (including phenoxy) is 1. The number of hydrogen-bond donors (Lipinski definition) is 0. The molecule has 0 radical (unpaired) electrons. The zero-order valence-electron chi connectivity index (χ0n) is 21.0. The van der Waals surface area contributed by atoms with Gasteiger partial charge in [0, 0.05) is 0 Å². The fourth-order valence-electron chi connectivity index (χ4n) is 4.33. The van der Waals surface area contributed by atoms with Crippen LogP contribution in [0.15, 0.2) is 54.6 Å². The lowest BCUT2D eigenvalue weighted by Gasteiger charge is -2.06. The Hall–Kier alpha value is -2.09. The monoisotopic (exact) mass is 450 g/mol. The first-order valence-corrected chi connectivity index (χ1v) is 13.6. The van der Waals surface area contributed by atoms with Gasteiger partial charge in [-0.3, -0.25) is 0 Å². The molecule has 0 saturated carbocycles. The topological polar surface area (TPSA) is 26.3 Å². The summed E-state index contributed by atoms with van der Waals surface area (Å²) in [6.45, 7) is 2.81. The van der Waals surface area contributed by atoms with Crippen LogP contribution < -0.4 is 0 Å². The van der Waals surface area contributed by atoms with Gasteiger partial charge in [0.25, 0.3) is 0 Å². The number of esters is 1. The lowest BCUT2D eigenvalue weighted by atomic mass is 10.0. The van der Waals surface area contributed by atoms with Gasteiger partial charge in [-0.2, -0.15) is 0 Å². The van der Waals surface area contributed by atoms with E-state index in [4.69, 9.17) is 4.74 Å². The lowest BCUT2D eigenvalue weighted by molar-refractivity contribution is 0.0497. The molecular formula is C31H46O2. The third kappa shape index (κ3) is 12.7. The van der Waals surface area contributed by atoms with Crippen LogP contribution in [0.4, 0.5) is 0 Å². The van der Waals surface area contributed by atoms with Crippen LogP contribution in [0.25, 0.3) is 11.1 Å². The van der Waals surface area contributed by atoms with Crippen molar-refractivity contribution in [2.24, 2.45) is 0 Å². The third-order valence-corrected chi connectivity index (χ3v) is 6.46. The van der Waals surface area contributed by atoms with Crippen LogP contribution in [0.5, 0.6) is 0 Å². The molecule has 0 saturated heterocycles. The second-order valence-electron chi connectivity index (χ2n) is 9.38. The van der Waals surface area contributed by atoms with Gasteiger partial charge in [-0.15, -0.1) is 0 Å². The average Bonchev–Trinajstić information content (AvgIpc) is 2.86. The molecule has 0 amide bonds. The maximum atomic E-state index is 12.2. The zero-order chi connectivity index (χ0) is 23.4. The summed E-state index contributed by atoms with van der Waals surface area (Å²) in [5.74, 6) is -0.212. The molecule has 0 aliphatic carbocycles. The van der Waals surface area contributed by atoms with Crippen molar-refractivity contribution in [2.75, 3.05) is 6.61 Å². The first-order chi connectivity index (χ1) is 16.3. The lowest BCUT2D eigenvalue weighted by Crippen LogP contribution is -2.06. The van der Waals surface area contributed by atoms with Crippen molar-refractivity contribution in [1.82, 2.24) is 0 Å². The minimum absolute atomic E-state index is 0.212. The van der Waals surface area contributed by atoms with Gasteiger partial charge in [0.2, 0.25) is 0 Å². The van der Waals surface area contributed by atoms with Crippen LogP contribution in [0, 0.1) is 0 Å². The normalized spacial score (nSPS) is 10.9. The molecule has 2 aromatic carbocycles. The second-order valence-corrected chi connectivity index (χ2v) is 9.38.